The first-order valence-electron chi connectivity index (χ1n) is 8.59. The largest absolute Gasteiger partial charge is 0.591 e. The van der Waals surface area contributed by atoms with Gasteiger partial charge >= 0.3 is 6.09 Å². The van der Waals surface area contributed by atoms with E-state index >= 15 is 0 Å². The first-order chi connectivity index (χ1) is 10.9. The molecule has 2 rings (SSSR count). The Bertz CT molecular complexity index is 535. The topological polar surface area (TPSA) is 65.0 Å². The maximum absolute atomic E-state index is 12.4. The van der Waals surface area contributed by atoms with Crippen LogP contribution in [0.4, 0.5) is 4.79 Å². The molecule has 0 aromatic rings. The highest BCUT2D eigenvalue weighted by Crippen LogP contribution is 2.42. The Morgan fingerprint density at radius 1 is 1.25 bits per heavy atom. The summed E-state index contributed by atoms with van der Waals surface area (Å²) in [6.45, 7) is 12.7. The van der Waals surface area contributed by atoms with Crippen molar-refractivity contribution in [2.45, 2.75) is 71.2 Å². The monoisotopic (exact) mass is 354 g/mol. The van der Waals surface area contributed by atoms with Crippen LogP contribution in [0.15, 0.2) is 16.5 Å². The Balaban J connectivity index is 2.04. The van der Waals surface area contributed by atoms with Gasteiger partial charge in [-0.15, -0.1) is 0 Å². The van der Waals surface area contributed by atoms with Crippen molar-refractivity contribution in [2.75, 3.05) is 13.1 Å². The maximum Gasteiger partial charge on any atom is 0.410 e. The van der Waals surface area contributed by atoms with E-state index in [1.54, 1.807) is 4.90 Å². The maximum atomic E-state index is 12.4. The normalized spacial score (nSPS) is 23.8. The fourth-order valence-electron chi connectivity index (χ4n) is 2.94. The summed E-state index contributed by atoms with van der Waals surface area (Å²) in [6, 6.07) is 0. The van der Waals surface area contributed by atoms with E-state index in [2.05, 4.69) is 10.5 Å². The van der Waals surface area contributed by atoms with Gasteiger partial charge in [0.2, 0.25) is 0 Å². The fourth-order valence-corrected chi connectivity index (χ4v) is 3.64. The van der Waals surface area contributed by atoms with Crippen molar-refractivity contribution in [3.8, 4) is 0 Å². The average molecular weight is 355 g/mol. The lowest BCUT2D eigenvalue weighted by molar-refractivity contribution is 0.0160. The molecule has 0 saturated carbocycles. The standard InChI is InChI=1S/C18H30N2O3S/c1-16(2,3)23-15(21)20-12-10-18(11-13-20)9-7-8-14(18)19-24(22)17(4,5)6/h7-8H,9-13H2,1-6H3/b19-14+. The second kappa shape index (κ2) is 6.71. The number of likely N-dealkylation sites (tertiary alicyclic amines) is 1. The molecule has 0 N–H and O–H groups in total. The Kier molecular flexibility index (Phi) is 5.40. The minimum Gasteiger partial charge on any atom is -0.591 e. The van der Waals surface area contributed by atoms with Crippen LogP contribution in [0.2, 0.25) is 0 Å². The molecule has 1 aliphatic heterocycles. The zero-order valence-corrected chi connectivity index (χ0v) is 16.5. The smallest absolute Gasteiger partial charge is 0.410 e. The Morgan fingerprint density at radius 3 is 2.33 bits per heavy atom. The molecule has 1 aliphatic carbocycles. The molecule has 1 atom stereocenters. The third-order valence-corrected chi connectivity index (χ3v) is 5.82. The molecule has 24 heavy (non-hydrogen) atoms. The van der Waals surface area contributed by atoms with Crippen molar-refractivity contribution in [1.82, 2.24) is 4.90 Å². The molecular formula is C18H30N2O3S. The van der Waals surface area contributed by atoms with Gasteiger partial charge in [-0.2, -0.15) is 0 Å². The average Bonchev–Trinajstić information content (AvgIpc) is 2.79. The Morgan fingerprint density at radius 2 is 1.83 bits per heavy atom. The van der Waals surface area contributed by atoms with Gasteiger partial charge in [-0.3, -0.25) is 0 Å². The SMILES string of the molecule is CC(C)(C)OC(=O)N1CCC2(CC=C/C2=N\[S+]([O-])C(C)(C)C)CC1. The van der Waals surface area contributed by atoms with E-state index in [9.17, 15) is 9.35 Å². The van der Waals surface area contributed by atoms with Crippen molar-refractivity contribution in [3.05, 3.63) is 12.2 Å². The van der Waals surface area contributed by atoms with Crippen molar-refractivity contribution < 1.29 is 14.1 Å². The molecule has 0 bridgehead atoms. The summed E-state index contributed by atoms with van der Waals surface area (Å²) in [5.74, 6) is 0. The molecule has 6 heteroatoms. The number of allylic oxidation sites excluding steroid dienone is 2. The van der Waals surface area contributed by atoms with E-state index in [0.717, 1.165) is 25.0 Å². The lowest BCUT2D eigenvalue weighted by atomic mass is 9.75. The van der Waals surface area contributed by atoms with Crippen LogP contribution >= 0.6 is 0 Å². The summed E-state index contributed by atoms with van der Waals surface area (Å²) in [6.07, 6.45) is 6.45. The zero-order valence-electron chi connectivity index (χ0n) is 15.7. The predicted octanol–water partition coefficient (Wildman–Crippen LogP) is 3.87. The molecule has 0 aromatic heterocycles. The molecule has 0 radical (unpaired) electrons. The summed E-state index contributed by atoms with van der Waals surface area (Å²) >= 11 is -1.25. The number of ether oxygens (including phenoxy) is 1. The molecule has 1 fully saturated rings. The number of amides is 1. The van der Waals surface area contributed by atoms with Crippen LogP contribution in [0.3, 0.4) is 0 Å². The first-order valence-corrected chi connectivity index (χ1v) is 9.69. The highest BCUT2D eigenvalue weighted by Gasteiger charge is 2.43. The molecule has 0 aromatic carbocycles. The number of rotatable bonds is 1. The quantitative estimate of drug-likeness (QED) is 0.672. The highest BCUT2D eigenvalue weighted by molar-refractivity contribution is 7.91. The number of piperidine rings is 1. The zero-order chi connectivity index (χ0) is 18.2. The summed E-state index contributed by atoms with van der Waals surface area (Å²) < 4.78 is 22.0. The van der Waals surface area contributed by atoms with Gasteiger partial charge in [0.25, 0.3) is 0 Å². The van der Waals surface area contributed by atoms with Crippen LogP contribution in [0.25, 0.3) is 0 Å². The summed E-state index contributed by atoms with van der Waals surface area (Å²) in [7, 11) is 0. The van der Waals surface area contributed by atoms with Crippen LogP contribution in [-0.4, -0.2) is 44.7 Å². The summed E-state index contributed by atoms with van der Waals surface area (Å²) in [5, 5.41) is 0. The van der Waals surface area contributed by atoms with E-state index in [1.165, 1.54) is 0 Å². The van der Waals surface area contributed by atoms with Gasteiger partial charge in [0.1, 0.15) is 21.7 Å². The summed E-state index contributed by atoms with van der Waals surface area (Å²) in [4.78, 5) is 14.0. The molecule has 1 heterocycles. The number of carbonyl (C=O) groups excluding carboxylic acids is 1. The van der Waals surface area contributed by atoms with Crippen molar-refractivity contribution in [1.29, 1.82) is 0 Å². The fraction of sp³-hybridized carbons (Fsp3) is 0.778. The van der Waals surface area contributed by atoms with Gasteiger partial charge in [-0.05, 0) is 66.9 Å². The van der Waals surface area contributed by atoms with E-state index < -0.39 is 17.0 Å². The van der Waals surface area contributed by atoms with Gasteiger partial charge in [-0.1, -0.05) is 10.5 Å². The van der Waals surface area contributed by atoms with Crippen LogP contribution in [-0.2, 0) is 16.1 Å². The van der Waals surface area contributed by atoms with Gasteiger partial charge in [0.05, 0.1) is 5.71 Å². The lowest BCUT2D eigenvalue weighted by Gasteiger charge is -2.39. The molecule has 2 aliphatic rings. The van der Waals surface area contributed by atoms with Gasteiger partial charge in [0.15, 0.2) is 0 Å². The van der Waals surface area contributed by atoms with E-state index in [1.807, 2.05) is 47.6 Å². The second-order valence-electron chi connectivity index (χ2n) is 8.69. The van der Waals surface area contributed by atoms with Crippen molar-refractivity contribution >= 4 is 23.2 Å². The molecule has 136 valence electrons. The number of hydrogen-bond donors (Lipinski definition) is 0. The minimum absolute atomic E-state index is 0.0700. The van der Waals surface area contributed by atoms with Gasteiger partial charge in [0, 0.05) is 18.5 Å². The summed E-state index contributed by atoms with van der Waals surface area (Å²) in [5.41, 5.74) is 0.385. The number of nitrogens with zero attached hydrogens (tertiary/aromatic N) is 2. The van der Waals surface area contributed by atoms with Crippen LogP contribution < -0.4 is 0 Å². The Labute approximate surface area is 148 Å². The van der Waals surface area contributed by atoms with Crippen LogP contribution in [0, 0.1) is 5.41 Å². The van der Waals surface area contributed by atoms with Gasteiger partial charge < -0.3 is 14.2 Å². The molecular weight excluding hydrogens is 324 g/mol. The van der Waals surface area contributed by atoms with Gasteiger partial charge in [-0.25, -0.2) is 4.79 Å². The number of hydrogen-bond acceptors (Lipinski definition) is 4. The van der Waals surface area contributed by atoms with Crippen molar-refractivity contribution in [2.24, 2.45) is 9.81 Å². The third kappa shape index (κ3) is 4.54. The van der Waals surface area contributed by atoms with E-state index in [4.69, 9.17) is 4.74 Å². The first kappa shape index (κ1) is 19.3. The van der Waals surface area contributed by atoms with E-state index in [-0.39, 0.29) is 16.3 Å². The molecule has 1 unspecified atom stereocenters. The number of carbonyl (C=O) groups is 1. The highest BCUT2D eigenvalue weighted by atomic mass is 32.2. The Hall–Kier alpha value is -1.01. The van der Waals surface area contributed by atoms with Crippen LogP contribution in [0.1, 0.15) is 60.8 Å². The van der Waals surface area contributed by atoms with Crippen molar-refractivity contribution in [3.63, 3.8) is 0 Å². The third-order valence-electron chi connectivity index (χ3n) is 4.41. The minimum atomic E-state index is -1.25. The lowest BCUT2D eigenvalue weighted by Crippen LogP contribution is -2.47. The van der Waals surface area contributed by atoms with E-state index in [0.29, 0.717) is 13.1 Å². The molecule has 5 nitrogen and oxygen atoms in total. The predicted molar refractivity (Wildman–Crippen MR) is 98.6 cm³/mol. The second-order valence-corrected chi connectivity index (χ2v) is 10.6. The molecule has 1 amide bonds. The molecule has 1 saturated heterocycles. The molecule has 1 spiro atoms. The van der Waals surface area contributed by atoms with Crippen LogP contribution in [0.5, 0.6) is 0 Å².